The van der Waals surface area contributed by atoms with Crippen molar-refractivity contribution in [3.8, 4) is 11.1 Å². The normalized spacial score (nSPS) is 14.1. The fraction of sp³-hybridized carbons (Fsp3) is 0.444. The van der Waals surface area contributed by atoms with E-state index in [1.165, 1.54) is 11.1 Å². The number of carbonyl (C=O) groups is 3. The van der Waals surface area contributed by atoms with E-state index in [9.17, 15) is 14.4 Å². The van der Waals surface area contributed by atoms with E-state index in [0.29, 0.717) is 13.0 Å². The van der Waals surface area contributed by atoms with Crippen molar-refractivity contribution < 1.29 is 24.2 Å². The maximum Gasteiger partial charge on any atom is 0.407 e. The Hall–Kier alpha value is -3.35. The van der Waals surface area contributed by atoms with Gasteiger partial charge < -0.3 is 20.5 Å². The molecule has 2 aromatic carbocycles. The lowest BCUT2D eigenvalue weighted by molar-refractivity contribution is -0.138. The van der Waals surface area contributed by atoms with Crippen LogP contribution in [-0.2, 0) is 14.3 Å². The zero-order valence-corrected chi connectivity index (χ0v) is 20.0. The van der Waals surface area contributed by atoms with Gasteiger partial charge in [0.15, 0.2) is 0 Å². The smallest absolute Gasteiger partial charge is 0.407 e. The largest absolute Gasteiger partial charge is 0.481 e. The van der Waals surface area contributed by atoms with E-state index in [0.717, 1.165) is 11.1 Å². The van der Waals surface area contributed by atoms with Gasteiger partial charge in [-0.2, -0.15) is 0 Å². The number of benzene rings is 2. The molecular formula is C27H34N2O5. The van der Waals surface area contributed by atoms with Crippen LogP contribution >= 0.6 is 0 Å². The van der Waals surface area contributed by atoms with Crippen LogP contribution in [0.3, 0.4) is 0 Å². The van der Waals surface area contributed by atoms with Crippen molar-refractivity contribution in [3.63, 3.8) is 0 Å². The van der Waals surface area contributed by atoms with Crippen molar-refractivity contribution in [2.24, 2.45) is 11.8 Å². The second-order valence-corrected chi connectivity index (χ2v) is 9.37. The van der Waals surface area contributed by atoms with Gasteiger partial charge in [0.25, 0.3) is 0 Å². The third-order valence-electron chi connectivity index (χ3n) is 6.34. The van der Waals surface area contributed by atoms with Gasteiger partial charge in [-0.15, -0.1) is 0 Å². The van der Waals surface area contributed by atoms with Crippen molar-refractivity contribution in [2.45, 2.75) is 52.0 Å². The Bertz CT molecular complexity index is 974. The molecule has 1 aliphatic rings. The third-order valence-corrected chi connectivity index (χ3v) is 6.34. The number of carbonyl (C=O) groups excluding carboxylic acids is 2. The lowest BCUT2D eigenvalue weighted by Gasteiger charge is -2.22. The third kappa shape index (κ3) is 6.59. The van der Waals surface area contributed by atoms with Gasteiger partial charge in [0.05, 0.1) is 0 Å². The molecule has 2 amide bonds. The number of nitrogens with one attached hydrogen (secondary N) is 2. The monoisotopic (exact) mass is 466 g/mol. The zero-order chi connectivity index (χ0) is 24.7. The summed E-state index contributed by atoms with van der Waals surface area (Å²) in [5, 5.41) is 14.5. The molecule has 0 aromatic heterocycles. The summed E-state index contributed by atoms with van der Waals surface area (Å²) in [5.74, 6) is -1.02. The first kappa shape index (κ1) is 25.3. The Morgan fingerprint density at radius 3 is 2.09 bits per heavy atom. The predicted molar refractivity (Wildman–Crippen MR) is 130 cm³/mol. The number of hydrogen-bond donors (Lipinski definition) is 3. The van der Waals surface area contributed by atoms with Crippen LogP contribution in [0.2, 0.25) is 0 Å². The second kappa shape index (κ2) is 11.7. The van der Waals surface area contributed by atoms with Gasteiger partial charge in [-0.3, -0.25) is 9.59 Å². The number of rotatable bonds is 11. The van der Waals surface area contributed by atoms with Crippen molar-refractivity contribution in [2.75, 3.05) is 13.2 Å². The highest BCUT2D eigenvalue weighted by Crippen LogP contribution is 2.44. The molecule has 0 spiro atoms. The van der Waals surface area contributed by atoms with E-state index in [-0.39, 0.29) is 49.2 Å². The number of fused-ring (bicyclic) bond motifs is 3. The molecule has 3 N–H and O–H groups in total. The number of amides is 2. The summed E-state index contributed by atoms with van der Waals surface area (Å²) in [6.45, 7) is 6.35. The van der Waals surface area contributed by atoms with E-state index >= 15 is 0 Å². The van der Waals surface area contributed by atoms with Crippen molar-refractivity contribution in [1.82, 2.24) is 10.6 Å². The quantitative estimate of drug-likeness (QED) is 0.450. The molecule has 2 aromatic rings. The molecule has 0 saturated carbocycles. The molecule has 34 heavy (non-hydrogen) atoms. The Balaban J connectivity index is 1.51. The first-order valence-corrected chi connectivity index (χ1v) is 11.9. The molecule has 1 aliphatic carbocycles. The molecule has 0 bridgehead atoms. The van der Waals surface area contributed by atoms with Crippen molar-refractivity contribution in [1.29, 1.82) is 0 Å². The maximum atomic E-state index is 12.6. The van der Waals surface area contributed by atoms with Gasteiger partial charge in [0.2, 0.25) is 5.91 Å². The highest BCUT2D eigenvalue weighted by Gasteiger charge is 2.29. The lowest BCUT2D eigenvalue weighted by Crippen LogP contribution is -2.43. The summed E-state index contributed by atoms with van der Waals surface area (Å²) in [6.07, 6.45) is 0.260. The summed E-state index contributed by atoms with van der Waals surface area (Å²) in [4.78, 5) is 35.7. The molecule has 0 heterocycles. The number of carboxylic acids is 1. The molecule has 0 saturated heterocycles. The van der Waals surface area contributed by atoms with Crippen LogP contribution in [0.25, 0.3) is 11.1 Å². The highest BCUT2D eigenvalue weighted by atomic mass is 16.5. The molecule has 182 valence electrons. The van der Waals surface area contributed by atoms with Crippen LogP contribution in [-0.4, -0.2) is 42.3 Å². The first-order valence-electron chi connectivity index (χ1n) is 11.9. The van der Waals surface area contributed by atoms with Crippen LogP contribution in [0.4, 0.5) is 4.79 Å². The molecular weight excluding hydrogens is 432 g/mol. The summed E-state index contributed by atoms with van der Waals surface area (Å²) in [6, 6.07) is 16.0. The molecule has 0 fully saturated rings. The summed E-state index contributed by atoms with van der Waals surface area (Å²) < 4.78 is 5.61. The maximum absolute atomic E-state index is 12.6. The lowest BCUT2D eigenvalue weighted by atomic mass is 9.98. The van der Waals surface area contributed by atoms with Gasteiger partial charge in [-0.1, -0.05) is 69.3 Å². The molecule has 1 unspecified atom stereocenters. The fourth-order valence-corrected chi connectivity index (χ4v) is 4.37. The van der Waals surface area contributed by atoms with Gasteiger partial charge in [-0.05, 0) is 40.5 Å². The van der Waals surface area contributed by atoms with E-state index in [1.54, 1.807) is 0 Å². The van der Waals surface area contributed by atoms with Crippen LogP contribution in [0.1, 0.15) is 57.1 Å². The molecule has 3 rings (SSSR count). The highest BCUT2D eigenvalue weighted by molar-refractivity contribution is 5.79. The molecule has 0 radical (unpaired) electrons. The standard InChI is InChI=1S/C27H34N2O5/c1-17(2)24(15-25(30)28-13-12-18(3)14-26(31)32)29-27(33)34-16-23-21-10-6-4-8-19(21)20-9-5-7-11-22(20)23/h4-11,17-18,23-24H,12-16H2,1-3H3,(H,28,30)(H,29,33)(H,31,32)/t18?,24-/m0/s1. The Morgan fingerprint density at radius 1 is 0.941 bits per heavy atom. The van der Waals surface area contributed by atoms with E-state index < -0.39 is 12.1 Å². The second-order valence-electron chi connectivity index (χ2n) is 9.37. The van der Waals surface area contributed by atoms with Crippen LogP contribution in [0.5, 0.6) is 0 Å². The van der Waals surface area contributed by atoms with Crippen molar-refractivity contribution >= 4 is 18.0 Å². The number of aliphatic carboxylic acids is 1. The van der Waals surface area contributed by atoms with Crippen LogP contribution in [0.15, 0.2) is 48.5 Å². The Labute approximate surface area is 200 Å². The number of hydrogen-bond acceptors (Lipinski definition) is 4. The summed E-state index contributed by atoms with van der Waals surface area (Å²) >= 11 is 0. The van der Waals surface area contributed by atoms with Gasteiger partial charge in [0, 0.05) is 31.3 Å². The SMILES string of the molecule is CC(CCNC(=O)C[C@H](NC(=O)OCC1c2ccccc2-c2ccccc21)C(C)C)CC(=O)O. The molecule has 7 nitrogen and oxygen atoms in total. The topological polar surface area (TPSA) is 105 Å². The van der Waals surface area contributed by atoms with E-state index in [1.807, 2.05) is 45.0 Å². The van der Waals surface area contributed by atoms with Gasteiger partial charge in [-0.25, -0.2) is 4.79 Å². The Morgan fingerprint density at radius 2 is 1.53 bits per heavy atom. The Kier molecular flexibility index (Phi) is 8.68. The van der Waals surface area contributed by atoms with Gasteiger partial charge in [0.1, 0.15) is 6.61 Å². The van der Waals surface area contributed by atoms with Gasteiger partial charge >= 0.3 is 12.1 Å². The molecule has 2 atom stereocenters. The molecule has 7 heteroatoms. The minimum absolute atomic E-state index is 0.0161. The number of carboxylic acid groups (broad SMARTS) is 1. The van der Waals surface area contributed by atoms with Crippen LogP contribution < -0.4 is 10.6 Å². The number of alkyl carbamates (subject to hydrolysis) is 1. The van der Waals surface area contributed by atoms with E-state index in [4.69, 9.17) is 9.84 Å². The fourth-order valence-electron chi connectivity index (χ4n) is 4.37. The average Bonchev–Trinajstić information content (AvgIpc) is 3.10. The minimum Gasteiger partial charge on any atom is -0.481 e. The minimum atomic E-state index is -0.842. The predicted octanol–water partition coefficient (Wildman–Crippen LogP) is 4.56. The summed E-state index contributed by atoms with van der Waals surface area (Å²) in [5.41, 5.74) is 4.63. The van der Waals surface area contributed by atoms with E-state index in [2.05, 4.69) is 34.9 Å². The zero-order valence-electron chi connectivity index (χ0n) is 20.0. The first-order chi connectivity index (χ1) is 16.3. The average molecular weight is 467 g/mol. The van der Waals surface area contributed by atoms with Crippen molar-refractivity contribution in [3.05, 3.63) is 59.7 Å². The van der Waals surface area contributed by atoms with Crippen LogP contribution in [0, 0.1) is 11.8 Å². The number of ether oxygens (including phenoxy) is 1. The molecule has 0 aliphatic heterocycles. The summed E-state index contributed by atoms with van der Waals surface area (Å²) in [7, 11) is 0.